The van der Waals surface area contributed by atoms with Crippen molar-refractivity contribution < 1.29 is 37.8 Å². The predicted molar refractivity (Wildman–Crippen MR) is 133 cm³/mol. The van der Waals surface area contributed by atoms with Crippen molar-refractivity contribution in [1.29, 1.82) is 0 Å². The van der Waals surface area contributed by atoms with Gasteiger partial charge in [0.05, 0.1) is 6.54 Å². The molecule has 1 unspecified atom stereocenters. The topological polar surface area (TPSA) is 128 Å². The highest BCUT2D eigenvalue weighted by atomic mass is 28.3. The Morgan fingerprint density at radius 3 is 2.57 bits per heavy atom. The number of halogens is 1. The number of primary amides is 1. The van der Waals surface area contributed by atoms with Crippen LogP contribution in [0.4, 0.5) is 9.18 Å². The molecule has 10 nitrogen and oxygen atoms in total. The minimum absolute atomic E-state index is 0.0547. The predicted octanol–water partition coefficient (Wildman–Crippen LogP) is 3.01. The van der Waals surface area contributed by atoms with Crippen LogP contribution in [0.1, 0.15) is 48.0 Å². The summed E-state index contributed by atoms with van der Waals surface area (Å²) < 4.78 is 32.0. The van der Waals surface area contributed by atoms with Gasteiger partial charge >= 0.3 is 6.09 Å². The van der Waals surface area contributed by atoms with Gasteiger partial charge in [0.2, 0.25) is 5.91 Å². The number of piperidine rings is 1. The van der Waals surface area contributed by atoms with Gasteiger partial charge in [0.15, 0.2) is 11.6 Å². The maximum absolute atomic E-state index is 15.5. The average molecular weight is 536 g/mol. The van der Waals surface area contributed by atoms with Gasteiger partial charge < -0.3 is 24.8 Å². The van der Waals surface area contributed by atoms with Crippen LogP contribution in [0, 0.1) is 5.82 Å². The van der Waals surface area contributed by atoms with Gasteiger partial charge in [0.25, 0.3) is 11.8 Å². The largest absolute Gasteiger partial charge is 0.483 e. The molecule has 12 heteroatoms. The molecule has 2 aliphatic heterocycles. The molecule has 0 bridgehead atoms. The van der Waals surface area contributed by atoms with E-state index in [9.17, 15) is 19.2 Å². The van der Waals surface area contributed by atoms with Gasteiger partial charge in [-0.3, -0.25) is 19.3 Å². The third-order valence-corrected chi connectivity index (χ3v) is 8.75. The fourth-order valence-corrected chi connectivity index (χ4v) is 5.71. The van der Waals surface area contributed by atoms with Gasteiger partial charge in [0.1, 0.15) is 25.0 Å². The summed E-state index contributed by atoms with van der Waals surface area (Å²) in [4.78, 5) is 52.3. The molecule has 1 saturated heterocycles. The molecule has 1 aromatic rings. The number of amides is 4. The van der Waals surface area contributed by atoms with E-state index in [1.807, 2.05) is 0 Å². The van der Waals surface area contributed by atoms with Crippen molar-refractivity contribution in [3.8, 4) is 5.75 Å². The van der Waals surface area contributed by atoms with E-state index in [0.29, 0.717) is 19.4 Å². The van der Waals surface area contributed by atoms with E-state index < -0.39 is 50.0 Å². The van der Waals surface area contributed by atoms with E-state index in [1.54, 1.807) is 0 Å². The van der Waals surface area contributed by atoms with Gasteiger partial charge in [-0.25, -0.2) is 9.18 Å². The minimum atomic E-state index is -1.33. The van der Waals surface area contributed by atoms with Crippen LogP contribution in [-0.4, -0.2) is 73.3 Å². The Balaban J connectivity index is 1.44. The first kappa shape index (κ1) is 27.1. The van der Waals surface area contributed by atoms with Crippen LogP contribution in [-0.2, 0) is 25.6 Å². The summed E-state index contributed by atoms with van der Waals surface area (Å²) in [6.45, 7) is 6.80. The lowest BCUT2D eigenvalue weighted by atomic mass is 10.0. The number of imide groups is 1. The van der Waals surface area contributed by atoms with E-state index >= 15 is 4.39 Å². The van der Waals surface area contributed by atoms with Crippen LogP contribution in [0.2, 0.25) is 25.7 Å². The quantitative estimate of drug-likeness (QED) is 0.292. The van der Waals surface area contributed by atoms with E-state index in [-0.39, 0.29) is 48.9 Å². The second-order valence-electron chi connectivity index (χ2n) is 11.0. The number of hydrogen-bond acceptors (Lipinski definition) is 7. The number of nitrogens with zero attached hydrogens (tertiary/aromatic N) is 2. The fourth-order valence-electron chi connectivity index (χ4n) is 4.95. The number of hydrogen-bond donors (Lipinski definition) is 1. The first-order valence-electron chi connectivity index (χ1n) is 12.6. The smallest absolute Gasteiger partial charge is 0.404 e. The summed E-state index contributed by atoms with van der Waals surface area (Å²) in [5.74, 6) is -2.07. The zero-order valence-corrected chi connectivity index (χ0v) is 22.5. The summed E-state index contributed by atoms with van der Waals surface area (Å²) in [6.07, 6.45) is 0.0984. The third-order valence-electron chi connectivity index (χ3n) is 7.04. The molecule has 1 aromatic carbocycles. The number of fused-ring (bicyclic) bond motifs is 1. The van der Waals surface area contributed by atoms with Crippen LogP contribution < -0.4 is 10.5 Å². The number of ether oxygens (including phenoxy) is 3. The van der Waals surface area contributed by atoms with E-state index in [4.69, 9.17) is 19.9 Å². The van der Waals surface area contributed by atoms with Crippen LogP contribution in [0.15, 0.2) is 12.1 Å². The molecule has 4 amide bonds. The monoisotopic (exact) mass is 535 g/mol. The molecule has 0 aromatic heterocycles. The zero-order chi connectivity index (χ0) is 26.9. The van der Waals surface area contributed by atoms with Crippen molar-refractivity contribution >= 4 is 31.9 Å². The van der Waals surface area contributed by atoms with E-state index in [0.717, 1.165) is 17.4 Å². The number of carbonyl (C=O) groups excluding carboxylic acids is 4. The van der Waals surface area contributed by atoms with E-state index in [1.165, 1.54) is 17.0 Å². The van der Waals surface area contributed by atoms with Crippen molar-refractivity contribution in [2.75, 3.05) is 13.3 Å². The zero-order valence-electron chi connectivity index (χ0n) is 21.5. The Hall–Kier alpha value is -2.99. The number of benzene rings is 1. The number of rotatable bonds is 9. The molecular formula is C25H34FN3O7Si. The molecule has 4 rings (SSSR count). The van der Waals surface area contributed by atoms with Crippen molar-refractivity contribution in [3.63, 3.8) is 0 Å². The Morgan fingerprint density at radius 2 is 1.86 bits per heavy atom. The van der Waals surface area contributed by atoms with Gasteiger partial charge in [-0.1, -0.05) is 19.6 Å². The van der Waals surface area contributed by atoms with Crippen LogP contribution in [0.5, 0.6) is 5.75 Å². The molecule has 0 spiro atoms. The highest BCUT2D eigenvalue weighted by molar-refractivity contribution is 6.76. The maximum Gasteiger partial charge on any atom is 0.404 e. The Bertz CT molecular complexity index is 1090. The Morgan fingerprint density at radius 1 is 1.14 bits per heavy atom. The molecule has 3 aliphatic rings. The second kappa shape index (κ2) is 10.8. The van der Waals surface area contributed by atoms with Crippen molar-refractivity contribution in [3.05, 3.63) is 29.1 Å². The lowest BCUT2D eigenvalue weighted by Gasteiger charge is -2.35. The summed E-state index contributed by atoms with van der Waals surface area (Å²) in [5.41, 5.74) is 5.41. The summed E-state index contributed by atoms with van der Waals surface area (Å²) in [6, 6.07) is 2.86. The first-order valence-corrected chi connectivity index (χ1v) is 16.3. The van der Waals surface area contributed by atoms with Gasteiger partial charge in [0, 0.05) is 32.2 Å². The number of carbonyl (C=O) groups is 4. The lowest BCUT2D eigenvalue weighted by molar-refractivity contribution is -0.158. The number of nitrogens with two attached hydrogens (primary N) is 1. The minimum Gasteiger partial charge on any atom is -0.483 e. The fraction of sp³-hybridized carbons (Fsp3) is 0.600. The Labute approximate surface area is 216 Å². The second-order valence-corrected chi connectivity index (χ2v) is 16.6. The van der Waals surface area contributed by atoms with Gasteiger partial charge in [-0.15, -0.1) is 0 Å². The molecule has 3 atom stereocenters. The SMILES string of the molecule is C[Si](C)(C)CCOCN1C(=O)CCC(N2Cc3c(ccc(O[C@H]4CCC[C@@H]4OC(N)=O)c3F)C2=O)C1=O. The third kappa shape index (κ3) is 5.95. The van der Waals surface area contributed by atoms with Gasteiger partial charge in [-0.2, -0.15) is 0 Å². The molecule has 2 heterocycles. The van der Waals surface area contributed by atoms with Crippen LogP contribution >= 0.6 is 0 Å². The molecule has 1 aliphatic carbocycles. The molecule has 1 saturated carbocycles. The summed E-state index contributed by atoms with van der Waals surface area (Å²) >= 11 is 0. The van der Waals surface area contributed by atoms with Gasteiger partial charge in [-0.05, 0) is 43.9 Å². The highest BCUT2D eigenvalue weighted by Crippen LogP contribution is 2.36. The normalized spacial score (nSPS) is 24.0. The molecule has 0 radical (unpaired) electrons. The molecule has 2 fully saturated rings. The van der Waals surface area contributed by atoms with Crippen LogP contribution in [0.25, 0.3) is 0 Å². The van der Waals surface area contributed by atoms with Crippen LogP contribution in [0.3, 0.4) is 0 Å². The first-order chi connectivity index (χ1) is 17.5. The van der Waals surface area contributed by atoms with Crippen molar-refractivity contribution in [2.24, 2.45) is 5.73 Å². The molecular weight excluding hydrogens is 501 g/mol. The average Bonchev–Trinajstić information content (AvgIpc) is 3.38. The standard InChI is InChI=1S/C25H34FN3O7Si/c1-37(2,3)12-11-34-14-29-21(30)10-8-17(24(29)32)28-13-16-15(23(28)31)7-9-20(22(16)26)35-18-5-4-6-19(18)36-25(27)33/h7,9,17-19H,4-6,8,10-14H2,1-3H3,(H2,27,33)/t17?,18-,19-/m0/s1. The van der Waals surface area contributed by atoms with Crippen molar-refractivity contribution in [1.82, 2.24) is 9.80 Å². The molecule has 37 heavy (non-hydrogen) atoms. The molecule has 2 N–H and O–H groups in total. The van der Waals surface area contributed by atoms with Crippen molar-refractivity contribution in [2.45, 2.75) is 82.6 Å². The van der Waals surface area contributed by atoms with E-state index in [2.05, 4.69) is 19.6 Å². The lowest BCUT2D eigenvalue weighted by Crippen LogP contribution is -2.55. The maximum atomic E-state index is 15.5. The number of likely N-dealkylation sites (tertiary alicyclic amines) is 1. The highest BCUT2D eigenvalue weighted by Gasteiger charge is 2.44. The Kier molecular flexibility index (Phi) is 7.88. The summed E-state index contributed by atoms with van der Waals surface area (Å²) in [7, 11) is -1.33. The molecule has 202 valence electrons. The summed E-state index contributed by atoms with van der Waals surface area (Å²) in [5, 5.41) is 0.